The summed E-state index contributed by atoms with van der Waals surface area (Å²) in [5, 5.41) is 2.82. The Balaban J connectivity index is 1.99. The van der Waals surface area contributed by atoms with Crippen LogP contribution in [0.1, 0.15) is 18.2 Å². The summed E-state index contributed by atoms with van der Waals surface area (Å²) in [6.45, 7) is 2.04. The Hall–Kier alpha value is -2.16. The van der Waals surface area contributed by atoms with Crippen LogP contribution in [-0.4, -0.2) is 10.9 Å². The van der Waals surface area contributed by atoms with Crippen molar-refractivity contribution in [3.8, 4) is 0 Å². The molecule has 0 aliphatic heterocycles. The maximum Gasteiger partial charge on any atom is 0.229 e. The molecule has 0 radical (unpaired) electrons. The van der Waals surface area contributed by atoms with Gasteiger partial charge in [0.15, 0.2) is 0 Å². The molecule has 0 aliphatic rings. The SMILES string of the molecule is CCc1cccc(NC(=O)Cc2ccccc2)n1. The van der Waals surface area contributed by atoms with Crippen LogP contribution in [0.4, 0.5) is 5.82 Å². The van der Waals surface area contributed by atoms with Crippen LogP contribution in [0.5, 0.6) is 0 Å². The maximum atomic E-state index is 11.8. The van der Waals surface area contributed by atoms with E-state index in [9.17, 15) is 4.79 Å². The smallest absolute Gasteiger partial charge is 0.229 e. The summed E-state index contributed by atoms with van der Waals surface area (Å²) in [6.07, 6.45) is 1.24. The Morgan fingerprint density at radius 3 is 2.61 bits per heavy atom. The third-order valence-corrected chi connectivity index (χ3v) is 2.64. The number of benzene rings is 1. The van der Waals surface area contributed by atoms with Crippen LogP contribution in [0.3, 0.4) is 0 Å². The summed E-state index contributed by atoms with van der Waals surface area (Å²) < 4.78 is 0. The molecule has 3 nitrogen and oxygen atoms in total. The second-order valence-corrected chi connectivity index (χ2v) is 4.08. The van der Waals surface area contributed by atoms with E-state index in [0.29, 0.717) is 12.2 Å². The van der Waals surface area contributed by atoms with E-state index >= 15 is 0 Å². The van der Waals surface area contributed by atoms with Gasteiger partial charge < -0.3 is 5.32 Å². The zero-order chi connectivity index (χ0) is 12.8. The van der Waals surface area contributed by atoms with E-state index in [1.807, 2.05) is 55.5 Å². The minimum Gasteiger partial charge on any atom is -0.310 e. The van der Waals surface area contributed by atoms with Gasteiger partial charge in [-0.05, 0) is 24.1 Å². The molecular weight excluding hydrogens is 224 g/mol. The molecule has 0 bridgehead atoms. The van der Waals surface area contributed by atoms with Gasteiger partial charge in [0.05, 0.1) is 6.42 Å². The van der Waals surface area contributed by atoms with Crippen LogP contribution in [-0.2, 0) is 17.6 Å². The molecule has 1 amide bonds. The van der Waals surface area contributed by atoms with Gasteiger partial charge >= 0.3 is 0 Å². The van der Waals surface area contributed by atoms with Crippen molar-refractivity contribution in [2.75, 3.05) is 5.32 Å². The topological polar surface area (TPSA) is 42.0 Å². The molecule has 1 aromatic carbocycles. The molecule has 0 saturated carbocycles. The van der Waals surface area contributed by atoms with E-state index < -0.39 is 0 Å². The standard InChI is InChI=1S/C15H16N2O/c1-2-13-9-6-10-14(16-13)17-15(18)11-12-7-4-3-5-8-12/h3-10H,2,11H2,1H3,(H,16,17,18). The predicted octanol–water partition coefficient (Wildman–Crippen LogP) is 2.83. The molecule has 0 atom stereocenters. The van der Waals surface area contributed by atoms with E-state index in [1.165, 1.54) is 0 Å². The minimum atomic E-state index is -0.0399. The van der Waals surface area contributed by atoms with Crippen LogP contribution in [0.25, 0.3) is 0 Å². The lowest BCUT2D eigenvalue weighted by atomic mass is 10.1. The molecule has 18 heavy (non-hydrogen) atoms. The van der Waals surface area contributed by atoms with E-state index in [2.05, 4.69) is 10.3 Å². The van der Waals surface area contributed by atoms with E-state index in [1.54, 1.807) is 0 Å². The highest BCUT2D eigenvalue weighted by Crippen LogP contribution is 2.07. The number of pyridine rings is 1. The third kappa shape index (κ3) is 3.42. The molecule has 1 aromatic heterocycles. The zero-order valence-electron chi connectivity index (χ0n) is 10.4. The zero-order valence-corrected chi connectivity index (χ0v) is 10.4. The number of carbonyl (C=O) groups is 1. The third-order valence-electron chi connectivity index (χ3n) is 2.64. The van der Waals surface area contributed by atoms with Crippen molar-refractivity contribution in [1.82, 2.24) is 4.98 Å². The van der Waals surface area contributed by atoms with Crippen molar-refractivity contribution < 1.29 is 4.79 Å². The Bertz CT molecular complexity index is 523. The molecular formula is C15H16N2O. The lowest BCUT2D eigenvalue weighted by Gasteiger charge is -2.05. The second kappa shape index (κ2) is 5.96. The molecule has 0 spiro atoms. The van der Waals surface area contributed by atoms with Gasteiger partial charge in [0.2, 0.25) is 5.91 Å². The number of amides is 1. The first-order valence-electron chi connectivity index (χ1n) is 6.07. The van der Waals surface area contributed by atoms with Gasteiger partial charge in [-0.3, -0.25) is 4.79 Å². The highest BCUT2D eigenvalue weighted by atomic mass is 16.1. The Morgan fingerprint density at radius 1 is 1.11 bits per heavy atom. The molecule has 1 N–H and O–H groups in total. The number of carbonyl (C=O) groups excluding carboxylic acids is 1. The highest BCUT2D eigenvalue weighted by Gasteiger charge is 2.04. The number of nitrogens with zero attached hydrogens (tertiary/aromatic N) is 1. The maximum absolute atomic E-state index is 11.8. The molecule has 1 heterocycles. The fourth-order valence-electron chi connectivity index (χ4n) is 1.71. The number of aryl methyl sites for hydroxylation is 1. The lowest BCUT2D eigenvalue weighted by Crippen LogP contribution is -2.15. The second-order valence-electron chi connectivity index (χ2n) is 4.08. The number of rotatable bonds is 4. The van der Waals surface area contributed by atoms with Gasteiger partial charge in [-0.2, -0.15) is 0 Å². The van der Waals surface area contributed by atoms with E-state index in [-0.39, 0.29) is 5.91 Å². The Labute approximate surface area is 107 Å². The number of hydrogen-bond acceptors (Lipinski definition) is 2. The van der Waals surface area contributed by atoms with Crippen LogP contribution in [0, 0.1) is 0 Å². The van der Waals surface area contributed by atoms with Gasteiger partial charge in [0, 0.05) is 5.69 Å². The van der Waals surface area contributed by atoms with Crippen LogP contribution >= 0.6 is 0 Å². The fourth-order valence-corrected chi connectivity index (χ4v) is 1.71. The van der Waals surface area contributed by atoms with Gasteiger partial charge in [-0.1, -0.05) is 43.3 Å². The molecule has 0 saturated heterocycles. The quantitative estimate of drug-likeness (QED) is 0.892. The summed E-state index contributed by atoms with van der Waals surface area (Å²) >= 11 is 0. The van der Waals surface area contributed by atoms with Crippen molar-refractivity contribution in [3.63, 3.8) is 0 Å². The highest BCUT2D eigenvalue weighted by molar-refractivity contribution is 5.91. The van der Waals surface area contributed by atoms with Crippen molar-refractivity contribution in [3.05, 3.63) is 59.8 Å². The molecule has 2 rings (SSSR count). The van der Waals surface area contributed by atoms with Crippen LogP contribution in [0.2, 0.25) is 0 Å². The number of hydrogen-bond donors (Lipinski definition) is 1. The summed E-state index contributed by atoms with van der Waals surface area (Å²) in [6, 6.07) is 15.3. The van der Waals surface area contributed by atoms with Gasteiger partial charge in [0.25, 0.3) is 0 Å². The average Bonchev–Trinajstić information content (AvgIpc) is 2.40. The lowest BCUT2D eigenvalue weighted by molar-refractivity contribution is -0.115. The number of aromatic nitrogens is 1. The molecule has 0 fully saturated rings. The average molecular weight is 240 g/mol. The summed E-state index contributed by atoms with van der Waals surface area (Å²) in [5.74, 6) is 0.581. The number of nitrogens with one attached hydrogen (secondary N) is 1. The largest absolute Gasteiger partial charge is 0.310 e. The summed E-state index contributed by atoms with van der Waals surface area (Å²) in [7, 11) is 0. The van der Waals surface area contributed by atoms with Crippen molar-refractivity contribution in [1.29, 1.82) is 0 Å². The molecule has 0 unspecified atom stereocenters. The first-order valence-corrected chi connectivity index (χ1v) is 6.07. The fraction of sp³-hybridized carbons (Fsp3) is 0.200. The first kappa shape index (κ1) is 12.3. The summed E-state index contributed by atoms with van der Waals surface area (Å²) in [5.41, 5.74) is 1.98. The van der Waals surface area contributed by atoms with Crippen LogP contribution < -0.4 is 5.32 Å². The molecule has 0 aliphatic carbocycles. The van der Waals surface area contributed by atoms with Crippen molar-refractivity contribution in [2.24, 2.45) is 0 Å². The molecule has 3 heteroatoms. The number of anilines is 1. The van der Waals surface area contributed by atoms with Gasteiger partial charge in [0.1, 0.15) is 5.82 Å². The molecule has 92 valence electrons. The summed E-state index contributed by atoms with van der Waals surface area (Å²) in [4.78, 5) is 16.2. The van der Waals surface area contributed by atoms with Gasteiger partial charge in [-0.25, -0.2) is 4.98 Å². The van der Waals surface area contributed by atoms with E-state index in [0.717, 1.165) is 17.7 Å². The van der Waals surface area contributed by atoms with Gasteiger partial charge in [-0.15, -0.1) is 0 Å². The van der Waals surface area contributed by atoms with Crippen molar-refractivity contribution in [2.45, 2.75) is 19.8 Å². The first-order chi connectivity index (χ1) is 8.78. The Morgan fingerprint density at radius 2 is 1.89 bits per heavy atom. The molecule has 2 aromatic rings. The minimum absolute atomic E-state index is 0.0399. The predicted molar refractivity (Wildman–Crippen MR) is 72.4 cm³/mol. The Kier molecular flexibility index (Phi) is 4.07. The van der Waals surface area contributed by atoms with E-state index in [4.69, 9.17) is 0 Å². The van der Waals surface area contributed by atoms with Crippen molar-refractivity contribution >= 4 is 11.7 Å². The normalized spacial score (nSPS) is 10.1. The van der Waals surface area contributed by atoms with Crippen LogP contribution in [0.15, 0.2) is 48.5 Å². The monoisotopic (exact) mass is 240 g/mol.